The van der Waals surface area contributed by atoms with Crippen LogP contribution in [0.5, 0.6) is 0 Å². The lowest BCUT2D eigenvalue weighted by Crippen LogP contribution is -2.11. The van der Waals surface area contributed by atoms with E-state index < -0.39 is 6.43 Å². The fraction of sp³-hybridized carbons (Fsp3) is 0.222. The molecule has 0 aliphatic rings. The van der Waals surface area contributed by atoms with Gasteiger partial charge in [0.2, 0.25) is 0 Å². The summed E-state index contributed by atoms with van der Waals surface area (Å²) in [6, 6.07) is 4.35. The predicted octanol–water partition coefficient (Wildman–Crippen LogP) is 2.22. The Bertz CT molecular complexity index is 334. The molecule has 70 valence electrons. The zero-order chi connectivity index (χ0) is 10.0. The van der Waals surface area contributed by atoms with Gasteiger partial charge in [-0.1, -0.05) is 12.1 Å². The van der Waals surface area contributed by atoms with Crippen LogP contribution >= 0.6 is 0 Å². The zero-order valence-electron chi connectivity index (χ0n) is 7.14. The largest absolute Gasteiger partial charge is 0.384 e. The smallest absolute Gasteiger partial charge is 0.264 e. The van der Waals surface area contributed by atoms with Crippen molar-refractivity contribution in [2.45, 2.75) is 13.3 Å². The summed E-state index contributed by atoms with van der Waals surface area (Å²) in [6.45, 7) is 1.60. The Kier molecular flexibility index (Phi) is 2.60. The molecule has 4 heteroatoms. The van der Waals surface area contributed by atoms with Gasteiger partial charge in [-0.25, -0.2) is 8.78 Å². The number of nitrogens with two attached hydrogens (primary N) is 1. The number of nitrogen functional groups attached to an aromatic ring is 1. The van der Waals surface area contributed by atoms with Crippen molar-refractivity contribution in [2.75, 3.05) is 0 Å². The fourth-order valence-electron chi connectivity index (χ4n) is 1.04. The molecule has 0 heterocycles. The van der Waals surface area contributed by atoms with Crippen molar-refractivity contribution in [3.63, 3.8) is 0 Å². The van der Waals surface area contributed by atoms with Crippen LogP contribution in [-0.2, 0) is 0 Å². The minimum absolute atomic E-state index is 0.0623. The van der Waals surface area contributed by atoms with E-state index in [9.17, 15) is 8.78 Å². The second-order valence-electron chi connectivity index (χ2n) is 2.79. The first-order chi connectivity index (χ1) is 6.02. The minimum Gasteiger partial charge on any atom is -0.384 e. The van der Waals surface area contributed by atoms with E-state index in [1.54, 1.807) is 13.0 Å². The van der Waals surface area contributed by atoms with E-state index in [1.807, 2.05) is 0 Å². The van der Waals surface area contributed by atoms with Crippen LogP contribution in [0, 0.1) is 12.3 Å². The molecule has 2 nitrogen and oxygen atoms in total. The van der Waals surface area contributed by atoms with Crippen molar-refractivity contribution >= 4 is 5.84 Å². The Labute approximate surface area is 74.9 Å². The number of hydrogen-bond donors (Lipinski definition) is 2. The molecular formula is C9H10F2N2. The standard InChI is InChI=1S/C9H10F2N2/c1-5-2-3-6(9(12)13)4-7(5)8(10)11/h2-4,8H,1H3,(H3,12,13). The number of nitrogens with one attached hydrogen (secondary N) is 1. The first-order valence-corrected chi connectivity index (χ1v) is 3.75. The van der Waals surface area contributed by atoms with Crippen LogP contribution in [0.1, 0.15) is 23.1 Å². The lowest BCUT2D eigenvalue weighted by Gasteiger charge is -2.06. The topological polar surface area (TPSA) is 49.9 Å². The zero-order valence-corrected chi connectivity index (χ0v) is 7.14. The second kappa shape index (κ2) is 3.51. The van der Waals surface area contributed by atoms with E-state index in [2.05, 4.69) is 0 Å². The Hall–Kier alpha value is -1.45. The lowest BCUT2D eigenvalue weighted by molar-refractivity contribution is 0.150. The number of benzene rings is 1. The van der Waals surface area contributed by atoms with Crippen molar-refractivity contribution in [1.29, 1.82) is 5.41 Å². The fourth-order valence-corrected chi connectivity index (χ4v) is 1.04. The molecule has 0 saturated heterocycles. The van der Waals surface area contributed by atoms with Gasteiger partial charge in [0.25, 0.3) is 6.43 Å². The highest BCUT2D eigenvalue weighted by molar-refractivity contribution is 5.95. The van der Waals surface area contributed by atoms with Gasteiger partial charge in [-0.3, -0.25) is 5.41 Å². The number of alkyl halides is 2. The van der Waals surface area contributed by atoms with Crippen molar-refractivity contribution in [3.8, 4) is 0 Å². The lowest BCUT2D eigenvalue weighted by atomic mass is 10.1. The van der Waals surface area contributed by atoms with Crippen LogP contribution < -0.4 is 5.73 Å². The summed E-state index contributed by atoms with van der Waals surface area (Å²) >= 11 is 0. The molecule has 0 amide bonds. The average molecular weight is 184 g/mol. The van der Waals surface area contributed by atoms with Crippen LogP contribution in [0.3, 0.4) is 0 Å². The predicted molar refractivity (Wildman–Crippen MR) is 47.2 cm³/mol. The van der Waals surface area contributed by atoms with Crippen LogP contribution in [0.2, 0.25) is 0 Å². The van der Waals surface area contributed by atoms with Crippen molar-refractivity contribution in [2.24, 2.45) is 5.73 Å². The molecule has 3 N–H and O–H groups in total. The van der Waals surface area contributed by atoms with Gasteiger partial charge in [0.1, 0.15) is 5.84 Å². The maximum atomic E-state index is 12.4. The summed E-state index contributed by atoms with van der Waals surface area (Å²) in [4.78, 5) is 0. The molecular weight excluding hydrogens is 174 g/mol. The maximum absolute atomic E-state index is 12.4. The third-order valence-corrected chi connectivity index (χ3v) is 1.83. The molecule has 0 spiro atoms. The minimum atomic E-state index is -2.51. The summed E-state index contributed by atoms with van der Waals surface area (Å²) in [5.74, 6) is -0.193. The second-order valence-corrected chi connectivity index (χ2v) is 2.79. The molecule has 0 radical (unpaired) electrons. The molecule has 0 atom stereocenters. The molecule has 13 heavy (non-hydrogen) atoms. The average Bonchev–Trinajstić information content (AvgIpc) is 2.04. The summed E-state index contributed by atoms with van der Waals surface area (Å²) in [6.07, 6.45) is -2.51. The van der Waals surface area contributed by atoms with Crippen LogP contribution in [0.25, 0.3) is 0 Å². The third-order valence-electron chi connectivity index (χ3n) is 1.83. The third kappa shape index (κ3) is 2.02. The summed E-state index contributed by atoms with van der Waals surface area (Å²) in [5.41, 5.74) is 5.96. The Morgan fingerprint density at radius 1 is 1.46 bits per heavy atom. The number of rotatable bonds is 2. The molecule has 1 aromatic carbocycles. The number of halogens is 2. The highest BCUT2D eigenvalue weighted by Gasteiger charge is 2.11. The summed E-state index contributed by atoms with van der Waals surface area (Å²) < 4.78 is 24.7. The molecule has 1 rings (SSSR count). The van der Waals surface area contributed by atoms with Gasteiger partial charge in [0, 0.05) is 11.1 Å². The molecule has 0 aliphatic carbocycles. The quantitative estimate of drug-likeness (QED) is 0.537. The molecule has 0 bridgehead atoms. The van der Waals surface area contributed by atoms with Crippen molar-refractivity contribution in [3.05, 3.63) is 34.9 Å². The Morgan fingerprint density at radius 3 is 2.54 bits per heavy atom. The molecule has 1 aromatic rings. The van der Waals surface area contributed by atoms with Gasteiger partial charge in [0.05, 0.1) is 0 Å². The summed E-state index contributed by atoms with van der Waals surface area (Å²) in [7, 11) is 0. The highest BCUT2D eigenvalue weighted by atomic mass is 19.3. The monoisotopic (exact) mass is 184 g/mol. The van der Waals surface area contributed by atoms with E-state index in [1.165, 1.54) is 12.1 Å². The Morgan fingerprint density at radius 2 is 2.08 bits per heavy atom. The number of aryl methyl sites for hydroxylation is 1. The van der Waals surface area contributed by atoms with E-state index in [-0.39, 0.29) is 11.4 Å². The van der Waals surface area contributed by atoms with Crippen LogP contribution in [-0.4, -0.2) is 5.84 Å². The van der Waals surface area contributed by atoms with E-state index in [4.69, 9.17) is 11.1 Å². The van der Waals surface area contributed by atoms with Gasteiger partial charge in [-0.05, 0) is 18.6 Å². The van der Waals surface area contributed by atoms with Gasteiger partial charge in [-0.15, -0.1) is 0 Å². The van der Waals surface area contributed by atoms with Gasteiger partial charge in [-0.2, -0.15) is 0 Å². The van der Waals surface area contributed by atoms with Gasteiger partial charge in [0.15, 0.2) is 0 Å². The van der Waals surface area contributed by atoms with E-state index >= 15 is 0 Å². The van der Waals surface area contributed by atoms with Crippen molar-refractivity contribution in [1.82, 2.24) is 0 Å². The van der Waals surface area contributed by atoms with Crippen LogP contribution in [0.15, 0.2) is 18.2 Å². The van der Waals surface area contributed by atoms with E-state index in [0.29, 0.717) is 11.1 Å². The number of amidine groups is 1. The molecule has 0 fully saturated rings. The van der Waals surface area contributed by atoms with Gasteiger partial charge < -0.3 is 5.73 Å². The number of hydrogen-bond acceptors (Lipinski definition) is 1. The normalized spacial score (nSPS) is 10.5. The molecule has 0 saturated carbocycles. The maximum Gasteiger partial charge on any atom is 0.264 e. The first kappa shape index (κ1) is 9.64. The summed E-state index contributed by atoms with van der Waals surface area (Å²) in [5, 5.41) is 7.08. The van der Waals surface area contributed by atoms with E-state index in [0.717, 1.165) is 0 Å². The Balaban J connectivity index is 3.19. The van der Waals surface area contributed by atoms with Crippen molar-refractivity contribution < 1.29 is 8.78 Å². The SMILES string of the molecule is Cc1ccc(C(=N)N)cc1C(F)F. The molecule has 0 unspecified atom stereocenters. The van der Waals surface area contributed by atoms with Crippen LogP contribution in [0.4, 0.5) is 8.78 Å². The molecule has 0 aliphatic heterocycles. The highest BCUT2D eigenvalue weighted by Crippen LogP contribution is 2.23. The molecule has 0 aromatic heterocycles. The van der Waals surface area contributed by atoms with Gasteiger partial charge >= 0.3 is 0 Å². The first-order valence-electron chi connectivity index (χ1n) is 3.75.